The summed E-state index contributed by atoms with van der Waals surface area (Å²) in [4.78, 5) is 4.24. The van der Waals surface area contributed by atoms with Crippen LogP contribution in [0.2, 0.25) is 5.02 Å². The number of pyridine rings is 1. The van der Waals surface area contributed by atoms with Gasteiger partial charge in [-0.1, -0.05) is 17.7 Å². The predicted octanol–water partition coefficient (Wildman–Crippen LogP) is 2.36. The maximum Gasteiger partial charge on any atom is 0.0585 e. The van der Waals surface area contributed by atoms with Gasteiger partial charge in [-0.05, 0) is 18.2 Å². The van der Waals surface area contributed by atoms with Gasteiger partial charge < -0.3 is 9.88 Å². The molecule has 2 aromatic heterocycles. The molecule has 3 nitrogen and oxygen atoms in total. The summed E-state index contributed by atoms with van der Waals surface area (Å²) in [5, 5.41) is 4.11. The van der Waals surface area contributed by atoms with E-state index in [1.165, 1.54) is 5.69 Å². The van der Waals surface area contributed by atoms with Crippen LogP contribution in [0.15, 0.2) is 36.7 Å². The number of hydrogen-bond donors (Lipinski definition) is 1. The number of nitrogens with one attached hydrogen (secondary N) is 1. The zero-order chi connectivity index (χ0) is 11.4. The fraction of sp³-hybridized carbons (Fsp3) is 0.250. The van der Waals surface area contributed by atoms with Gasteiger partial charge in [-0.15, -0.1) is 0 Å². The van der Waals surface area contributed by atoms with Crippen LogP contribution in [0, 0.1) is 0 Å². The topological polar surface area (TPSA) is 29.9 Å². The summed E-state index contributed by atoms with van der Waals surface area (Å²) in [6.07, 6.45) is 3.70. The highest BCUT2D eigenvalue weighted by atomic mass is 35.5. The number of hydrogen-bond acceptors (Lipinski definition) is 2. The Bertz CT molecular complexity index is 451. The first-order valence-corrected chi connectivity index (χ1v) is 5.55. The largest absolute Gasteiger partial charge is 0.352 e. The minimum Gasteiger partial charge on any atom is -0.352 e. The van der Waals surface area contributed by atoms with E-state index >= 15 is 0 Å². The fourth-order valence-corrected chi connectivity index (χ4v) is 1.84. The van der Waals surface area contributed by atoms with Crippen LogP contribution < -0.4 is 5.32 Å². The number of aromatic nitrogens is 2. The lowest BCUT2D eigenvalue weighted by Gasteiger charge is -2.05. The number of rotatable bonds is 4. The molecule has 0 spiro atoms. The second-order valence-corrected chi connectivity index (χ2v) is 4.12. The Morgan fingerprint density at radius 3 is 2.88 bits per heavy atom. The Morgan fingerprint density at radius 2 is 2.25 bits per heavy atom. The molecule has 0 saturated carbocycles. The highest BCUT2D eigenvalue weighted by Gasteiger charge is 2.00. The molecule has 0 fully saturated rings. The van der Waals surface area contributed by atoms with Crippen molar-refractivity contribution >= 4 is 11.6 Å². The summed E-state index contributed by atoms with van der Waals surface area (Å²) < 4.78 is 2.02. The summed E-state index contributed by atoms with van der Waals surface area (Å²) >= 11 is 5.90. The summed E-state index contributed by atoms with van der Waals surface area (Å²) in [6, 6.07) is 7.88. The van der Waals surface area contributed by atoms with E-state index in [1.807, 2.05) is 42.1 Å². The van der Waals surface area contributed by atoms with E-state index in [2.05, 4.69) is 10.3 Å². The van der Waals surface area contributed by atoms with Crippen LogP contribution in [-0.2, 0) is 20.1 Å². The molecule has 0 saturated heterocycles. The van der Waals surface area contributed by atoms with Gasteiger partial charge in [-0.3, -0.25) is 4.98 Å². The molecular weight excluding hydrogens is 222 g/mol. The molecule has 0 aromatic carbocycles. The molecule has 0 aliphatic heterocycles. The van der Waals surface area contributed by atoms with Gasteiger partial charge in [0.15, 0.2) is 0 Å². The Labute approximate surface area is 100 Å². The van der Waals surface area contributed by atoms with Crippen molar-refractivity contribution in [1.29, 1.82) is 0 Å². The summed E-state index contributed by atoms with van der Waals surface area (Å²) in [5.74, 6) is 0. The lowest BCUT2D eigenvalue weighted by molar-refractivity contribution is 0.646. The maximum absolute atomic E-state index is 5.90. The summed E-state index contributed by atoms with van der Waals surface area (Å²) in [5.41, 5.74) is 2.21. The zero-order valence-corrected chi connectivity index (χ0v) is 9.91. The van der Waals surface area contributed by atoms with E-state index in [0.29, 0.717) is 0 Å². The van der Waals surface area contributed by atoms with E-state index in [1.54, 1.807) is 6.20 Å². The Morgan fingerprint density at radius 1 is 1.38 bits per heavy atom. The van der Waals surface area contributed by atoms with E-state index in [4.69, 9.17) is 11.6 Å². The third-order valence-corrected chi connectivity index (χ3v) is 2.62. The third-order valence-electron chi connectivity index (χ3n) is 2.41. The Kier molecular flexibility index (Phi) is 3.59. The van der Waals surface area contributed by atoms with Crippen LogP contribution >= 0.6 is 11.6 Å². The summed E-state index contributed by atoms with van der Waals surface area (Å²) in [6.45, 7) is 1.56. The first-order chi connectivity index (χ1) is 7.75. The van der Waals surface area contributed by atoms with Crippen molar-refractivity contribution in [3.63, 3.8) is 0 Å². The molecule has 0 bridgehead atoms. The minimum atomic E-state index is 0.767. The highest BCUT2D eigenvalue weighted by Crippen LogP contribution is 2.12. The number of nitrogens with zero attached hydrogens (tertiary/aromatic N) is 2. The van der Waals surface area contributed by atoms with Crippen molar-refractivity contribution in [2.24, 2.45) is 7.05 Å². The lowest BCUT2D eigenvalue weighted by Crippen LogP contribution is -2.15. The molecule has 16 heavy (non-hydrogen) atoms. The van der Waals surface area contributed by atoms with Crippen molar-refractivity contribution in [3.8, 4) is 0 Å². The van der Waals surface area contributed by atoms with Crippen LogP contribution in [0.4, 0.5) is 0 Å². The monoisotopic (exact) mass is 235 g/mol. The molecule has 2 aromatic rings. The normalized spacial score (nSPS) is 10.6. The smallest absolute Gasteiger partial charge is 0.0585 e. The van der Waals surface area contributed by atoms with E-state index in [-0.39, 0.29) is 0 Å². The van der Waals surface area contributed by atoms with Crippen molar-refractivity contribution in [2.45, 2.75) is 13.1 Å². The molecule has 0 aliphatic rings. The quantitative estimate of drug-likeness (QED) is 0.882. The first kappa shape index (κ1) is 11.2. The second-order valence-electron chi connectivity index (χ2n) is 3.69. The maximum atomic E-state index is 5.90. The average Bonchev–Trinajstić information content (AvgIpc) is 2.59. The average molecular weight is 236 g/mol. The van der Waals surface area contributed by atoms with Gasteiger partial charge in [0.05, 0.1) is 10.7 Å². The lowest BCUT2D eigenvalue weighted by atomic mass is 10.3. The molecule has 0 amide bonds. The van der Waals surface area contributed by atoms with E-state index < -0.39 is 0 Å². The molecule has 2 rings (SSSR count). The molecule has 0 atom stereocenters. The van der Waals surface area contributed by atoms with Crippen LogP contribution in [-0.4, -0.2) is 9.55 Å². The molecule has 0 unspecified atom stereocenters. The Balaban J connectivity index is 1.87. The standard InChI is InChI=1S/C12H14ClN3/c1-16-9-10(13)6-12(16)8-14-7-11-4-2-3-5-15-11/h2-6,9,14H,7-8H2,1H3. The minimum absolute atomic E-state index is 0.767. The van der Waals surface area contributed by atoms with Gasteiger partial charge >= 0.3 is 0 Å². The number of halogens is 1. The molecule has 0 aliphatic carbocycles. The SMILES string of the molecule is Cn1cc(Cl)cc1CNCc1ccccn1. The molecule has 0 radical (unpaired) electrons. The second kappa shape index (κ2) is 5.14. The van der Waals surface area contributed by atoms with Crippen LogP contribution in [0.3, 0.4) is 0 Å². The van der Waals surface area contributed by atoms with Gasteiger partial charge in [0.25, 0.3) is 0 Å². The van der Waals surface area contributed by atoms with E-state index in [0.717, 1.165) is 23.8 Å². The fourth-order valence-electron chi connectivity index (χ4n) is 1.56. The van der Waals surface area contributed by atoms with Gasteiger partial charge in [-0.25, -0.2) is 0 Å². The highest BCUT2D eigenvalue weighted by molar-refractivity contribution is 6.30. The third kappa shape index (κ3) is 2.84. The zero-order valence-electron chi connectivity index (χ0n) is 9.15. The van der Waals surface area contributed by atoms with Crippen LogP contribution in [0.25, 0.3) is 0 Å². The molecular formula is C12H14ClN3. The predicted molar refractivity (Wildman–Crippen MR) is 65.2 cm³/mol. The van der Waals surface area contributed by atoms with Gasteiger partial charge in [-0.2, -0.15) is 0 Å². The number of aryl methyl sites for hydroxylation is 1. The van der Waals surface area contributed by atoms with Crippen molar-refractivity contribution in [3.05, 3.63) is 53.1 Å². The summed E-state index contributed by atoms with van der Waals surface area (Å²) in [7, 11) is 1.99. The molecule has 4 heteroatoms. The molecule has 84 valence electrons. The van der Waals surface area contributed by atoms with Crippen molar-refractivity contribution < 1.29 is 0 Å². The first-order valence-electron chi connectivity index (χ1n) is 5.17. The van der Waals surface area contributed by atoms with Gasteiger partial charge in [0.2, 0.25) is 0 Å². The van der Waals surface area contributed by atoms with Gasteiger partial charge in [0, 0.05) is 38.2 Å². The molecule has 2 heterocycles. The molecule has 1 N–H and O–H groups in total. The van der Waals surface area contributed by atoms with E-state index in [9.17, 15) is 0 Å². The Hall–Kier alpha value is -1.32. The van der Waals surface area contributed by atoms with Gasteiger partial charge in [0.1, 0.15) is 0 Å². The van der Waals surface area contributed by atoms with Crippen molar-refractivity contribution in [1.82, 2.24) is 14.9 Å². The van der Waals surface area contributed by atoms with Crippen LogP contribution in [0.1, 0.15) is 11.4 Å². The van der Waals surface area contributed by atoms with Crippen molar-refractivity contribution in [2.75, 3.05) is 0 Å². The van der Waals surface area contributed by atoms with Crippen LogP contribution in [0.5, 0.6) is 0 Å².